The van der Waals surface area contributed by atoms with Crippen molar-refractivity contribution in [3.63, 3.8) is 0 Å². The number of anilines is 4. The van der Waals surface area contributed by atoms with Crippen molar-refractivity contribution in [2.24, 2.45) is 0 Å². The van der Waals surface area contributed by atoms with E-state index in [2.05, 4.69) is 288 Å². The smallest absolute Gasteiger partial charge is 0.0966 e. The minimum absolute atomic E-state index is 0. The van der Waals surface area contributed by atoms with Crippen molar-refractivity contribution in [3.8, 4) is 55.8 Å². The average molecular weight is 1140 g/mol. The standard InChI is InChI=1S/C69H53N5.Ir/c1-4-12-56(13-5-1)57-28-30-58(31-29-57)61-40-41-70-69(49-61)60-34-32-59(33-35-60)67-18-10-11-19-68(67)62-47-54(22-20-52-24-36-65(37-25-52)73-44-42-71(50-73)63-14-6-2-7-15-63)46-55(48-62)23-21-53-26-38-66(39-27-53)74-45-43-72(51-74)64-16-8-3-9-17-64;/h1-19,24-34,36,38,40-50H,20-23,51H2;/q-4;. The molecule has 0 spiro atoms. The van der Waals surface area contributed by atoms with Gasteiger partial charge in [0.2, 0.25) is 0 Å². The number of hydrogen-bond acceptors (Lipinski definition) is 5. The van der Waals surface area contributed by atoms with Crippen LogP contribution in [0.2, 0.25) is 0 Å². The van der Waals surface area contributed by atoms with Crippen LogP contribution in [0.25, 0.3) is 55.8 Å². The predicted octanol–water partition coefficient (Wildman–Crippen LogP) is 16.1. The zero-order chi connectivity index (χ0) is 49.5. The molecule has 2 aliphatic rings. The molecule has 9 aromatic carbocycles. The van der Waals surface area contributed by atoms with Crippen molar-refractivity contribution in [3.05, 3.63) is 303 Å². The molecule has 0 saturated carbocycles. The number of pyridine rings is 1. The molecule has 0 aliphatic carbocycles. The Hall–Kier alpha value is -8.54. The summed E-state index contributed by atoms with van der Waals surface area (Å²) in [5.41, 5.74) is 20.8. The van der Waals surface area contributed by atoms with E-state index in [0.717, 1.165) is 77.4 Å². The van der Waals surface area contributed by atoms with Crippen LogP contribution in [0.15, 0.2) is 255 Å². The monoisotopic (exact) mass is 1140 g/mol. The Morgan fingerprint density at radius 3 is 1.57 bits per heavy atom. The van der Waals surface area contributed by atoms with Gasteiger partial charge < -0.3 is 24.6 Å². The second-order valence-electron chi connectivity index (χ2n) is 18.9. The van der Waals surface area contributed by atoms with Gasteiger partial charge >= 0.3 is 0 Å². The molecular weight excluding hydrogens is 1090 g/mol. The van der Waals surface area contributed by atoms with E-state index in [0.29, 0.717) is 0 Å². The van der Waals surface area contributed by atoms with Gasteiger partial charge in [0.1, 0.15) is 0 Å². The Kier molecular flexibility index (Phi) is 14.7. The van der Waals surface area contributed by atoms with Crippen LogP contribution in [0.5, 0.6) is 0 Å². The summed E-state index contributed by atoms with van der Waals surface area (Å²) in [4.78, 5) is 13.5. The maximum absolute atomic E-state index is 4.79. The fourth-order valence-electron chi connectivity index (χ4n) is 9.93. The molecule has 12 rings (SSSR count). The zero-order valence-electron chi connectivity index (χ0n) is 41.4. The number of aromatic nitrogens is 1. The van der Waals surface area contributed by atoms with Gasteiger partial charge in [-0.2, -0.15) is 47.5 Å². The van der Waals surface area contributed by atoms with Crippen molar-refractivity contribution < 1.29 is 20.1 Å². The van der Waals surface area contributed by atoms with Gasteiger partial charge in [-0.3, -0.25) is 0 Å². The Labute approximate surface area is 455 Å². The van der Waals surface area contributed by atoms with Gasteiger partial charge in [0.05, 0.1) is 6.67 Å². The third kappa shape index (κ3) is 11.3. The molecule has 3 heterocycles. The first-order valence-corrected chi connectivity index (χ1v) is 25.4. The summed E-state index contributed by atoms with van der Waals surface area (Å²) in [5.74, 6) is 0. The van der Waals surface area contributed by atoms with Gasteiger partial charge in [0.15, 0.2) is 0 Å². The summed E-state index contributed by atoms with van der Waals surface area (Å²) in [6.45, 7) is 2.86. The number of hydrogen-bond donors (Lipinski definition) is 0. The van der Waals surface area contributed by atoms with E-state index in [4.69, 9.17) is 4.98 Å². The Balaban J connectivity index is 0.00000602. The molecule has 2 aliphatic heterocycles. The number of para-hydroxylation sites is 2. The minimum Gasteiger partial charge on any atom is -0.500 e. The molecule has 6 heteroatoms. The number of nitrogens with zero attached hydrogens (tertiary/aromatic N) is 5. The second kappa shape index (κ2) is 22.7. The SMILES string of the molecule is [Ir].[c-]1cc(-c2ccccc2-c2cc(CCc3c[c-]c(N4C=CN(c5ccccc5)[CH-]4)cc3)cc(CCc3c[c-]c(N4C=CN(c5ccccc5)C4)cc3)c2)ccc1-c1cc(-c2ccc(-c3ccccc3)cc2)ccn1. The van der Waals surface area contributed by atoms with Gasteiger partial charge in [-0.15, -0.1) is 54.3 Å². The zero-order valence-corrected chi connectivity index (χ0v) is 43.8. The maximum Gasteiger partial charge on any atom is 0.0966 e. The molecule has 0 atom stereocenters. The molecule has 0 unspecified atom stereocenters. The quantitative estimate of drug-likeness (QED) is 0.0953. The van der Waals surface area contributed by atoms with E-state index in [1.807, 2.05) is 12.3 Å². The topological polar surface area (TPSA) is 25.9 Å². The van der Waals surface area contributed by atoms with Crippen molar-refractivity contribution in [2.75, 3.05) is 26.3 Å². The Morgan fingerprint density at radius 2 is 0.933 bits per heavy atom. The fraction of sp³-hybridized carbons (Fsp3) is 0.0725. The molecule has 75 heavy (non-hydrogen) atoms. The minimum atomic E-state index is 0. The molecule has 0 bridgehead atoms. The van der Waals surface area contributed by atoms with E-state index in [-0.39, 0.29) is 20.1 Å². The average Bonchev–Trinajstić information content (AvgIpc) is 4.20. The number of aryl methyl sites for hydroxylation is 4. The first-order chi connectivity index (χ1) is 36.6. The van der Waals surface area contributed by atoms with Crippen LogP contribution in [0.1, 0.15) is 22.3 Å². The van der Waals surface area contributed by atoms with Crippen LogP contribution < -0.4 is 19.6 Å². The van der Waals surface area contributed by atoms with Crippen LogP contribution in [-0.2, 0) is 45.8 Å². The molecule has 0 amide bonds. The van der Waals surface area contributed by atoms with Crippen molar-refractivity contribution in [1.29, 1.82) is 0 Å². The number of benzene rings is 9. The summed E-state index contributed by atoms with van der Waals surface area (Å²) in [5, 5.41) is 0. The van der Waals surface area contributed by atoms with Crippen LogP contribution in [0.3, 0.4) is 0 Å². The predicted molar refractivity (Wildman–Crippen MR) is 306 cm³/mol. The molecule has 1 aromatic heterocycles. The van der Waals surface area contributed by atoms with Crippen LogP contribution in [-0.4, -0.2) is 11.7 Å². The third-order valence-corrected chi connectivity index (χ3v) is 14.0. The van der Waals surface area contributed by atoms with E-state index in [9.17, 15) is 0 Å². The maximum atomic E-state index is 4.79. The van der Waals surface area contributed by atoms with E-state index in [1.54, 1.807) is 0 Å². The van der Waals surface area contributed by atoms with Crippen molar-refractivity contribution in [2.45, 2.75) is 25.7 Å². The molecule has 0 fully saturated rings. The van der Waals surface area contributed by atoms with Gasteiger partial charge in [0.25, 0.3) is 0 Å². The van der Waals surface area contributed by atoms with Crippen LogP contribution in [0, 0.1) is 24.9 Å². The van der Waals surface area contributed by atoms with Gasteiger partial charge in [-0.25, -0.2) is 0 Å². The summed E-state index contributed by atoms with van der Waals surface area (Å²) in [7, 11) is 0. The molecule has 1 radical (unpaired) electrons. The van der Waals surface area contributed by atoms with Gasteiger partial charge in [-0.1, -0.05) is 169 Å². The van der Waals surface area contributed by atoms with Crippen LogP contribution >= 0.6 is 0 Å². The van der Waals surface area contributed by atoms with Gasteiger partial charge in [0, 0.05) is 50.1 Å². The number of rotatable bonds is 15. The Bertz CT molecular complexity index is 3410. The normalized spacial score (nSPS) is 12.9. The molecule has 5 nitrogen and oxygen atoms in total. The Morgan fingerprint density at radius 1 is 0.387 bits per heavy atom. The molecular formula is C69H53IrN5-4. The van der Waals surface area contributed by atoms with Crippen molar-refractivity contribution in [1.82, 2.24) is 4.98 Å². The fourth-order valence-corrected chi connectivity index (χ4v) is 9.93. The van der Waals surface area contributed by atoms with Crippen molar-refractivity contribution >= 4 is 22.7 Å². The third-order valence-electron chi connectivity index (χ3n) is 14.0. The first kappa shape index (κ1) is 48.7. The summed E-state index contributed by atoms with van der Waals surface area (Å²) in [6.07, 6.45) is 14.0. The van der Waals surface area contributed by atoms with Crippen LogP contribution in [0.4, 0.5) is 22.7 Å². The summed E-state index contributed by atoms with van der Waals surface area (Å²) >= 11 is 0. The van der Waals surface area contributed by atoms with E-state index in [1.165, 1.54) is 55.8 Å². The van der Waals surface area contributed by atoms with Gasteiger partial charge in [-0.05, 0) is 106 Å². The van der Waals surface area contributed by atoms with E-state index < -0.39 is 0 Å². The summed E-state index contributed by atoms with van der Waals surface area (Å²) in [6, 6.07) is 90.8. The van der Waals surface area contributed by atoms with E-state index >= 15 is 0 Å². The second-order valence-corrected chi connectivity index (χ2v) is 18.9. The molecule has 367 valence electrons. The molecule has 0 saturated heterocycles. The summed E-state index contributed by atoms with van der Waals surface area (Å²) < 4.78 is 0. The molecule has 10 aromatic rings. The first-order valence-electron chi connectivity index (χ1n) is 25.4. The largest absolute Gasteiger partial charge is 0.500 e. The molecule has 0 N–H and O–H groups in total.